The molecule has 0 spiro atoms. The molecule has 0 atom stereocenters. The minimum Gasteiger partial charge on any atom is -0.507 e. The minimum absolute atomic E-state index is 0.0777. The molecule has 1 aromatic rings. The fourth-order valence-corrected chi connectivity index (χ4v) is 4.00. The quantitative estimate of drug-likeness (QED) is 0.465. The molecule has 1 saturated carbocycles. The van der Waals surface area contributed by atoms with E-state index < -0.39 is 0 Å². The van der Waals surface area contributed by atoms with Gasteiger partial charge in [0.1, 0.15) is 5.75 Å². The zero-order valence-corrected chi connectivity index (χ0v) is 15.0. The predicted octanol–water partition coefficient (Wildman–Crippen LogP) is 4.66. The van der Waals surface area contributed by atoms with Crippen molar-refractivity contribution in [1.29, 1.82) is 0 Å². The van der Waals surface area contributed by atoms with E-state index in [0.29, 0.717) is 22.5 Å². The lowest BCUT2D eigenvalue weighted by Crippen LogP contribution is -2.21. The summed E-state index contributed by atoms with van der Waals surface area (Å²) in [5.41, 5.74) is 7.92. The normalized spacial score (nSPS) is 24.5. The lowest BCUT2D eigenvalue weighted by atomic mass is 9.83. The van der Waals surface area contributed by atoms with Gasteiger partial charge in [-0.2, -0.15) is 0 Å². The number of benzene rings is 1. The van der Waals surface area contributed by atoms with Crippen LogP contribution >= 0.6 is 0 Å². The third kappa shape index (κ3) is 3.94. The van der Waals surface area contributed by atoms with E-state index in [-0.39, 0.29) is 17.6 Å². The second-order valence-corrected chi connectivity index (χ2v) is 7.31. The number of carbonyl (C=O) groups is 1. The van der Waals surface area contributed by atoms with Crippen LogP contribution in [0, 0.1) is 5.92 Å². The third-order valence-electron chi connectivity index (χ3n) is 5.46. The fraction of sp³-hybridized carbons (Fsp3) is 0.524. The van der Waals surface area contributed by atoms with E-state index in [2.05, 4.69) is 6.92 Å². The predicted molar refractivity (Wildman–Crippen MR) is 102 cm³/mol. The van der Waals surface area contributed by atoms with Crippen LogP contribution < -0.4 is 5.73 Å². The van der Waals surface area contributed by atoms with Gasteiger partial charge in [0.2, 0.25) is 0 Å². The van der Waals surface area contributed by atoms with Gasteiger partial charge in [0.15, 0.2) is 5.78 Å². The summed E-state index contributed by atoms with van der Waals surface area (Å²) in [5.74, 6) is 0.749. The summed E-state index contributed by atoms with van der Waals surface area (Å²) in [5, 5.41) is 10.2. The van der Waals surface area contributed by atoms with E-state index >= 15 is 0 Å². The number of hydrogen-bond donors (Lipinski definition) is 2. The number of rotatable bonds is 5. The lowest BCUT2D eigenvalue weighted by Gasteiger charge is -2.27. The highest BCUT2D eigenvalue weighted by atomic mass is 16.3. The maximum atomic E-state index is 12.1. The molecule has 2 aliphatic rings. The minimum atomic E-state index is -0.165. The number of phenols is 1. The summed E-state index contributed by atoms with van der Waals surface area (Å²) in [6.07, 6.45) is 13.1. The van der Waals surface area contributed by atoms with Crippen LogP contribution in [0.2, 0.25) is 0 Å². The fourth-order valence-electron chi connectivity index (χ4n) is 4.00. The van der Waals surface area contributed by atoms with Gasteiger partial charge in [-0.25, -0.2) is 0 Å². The van der Waals surface area contributed by atoms with Gasteiger partial charge in [-0.3, -0.25) is 9.79 Å². The standard InChI is InChI=1S/C21H28N2O2/c1-2-3-4-5-14-6-8-15(9-7-14)23-17-11-13-18(24)20-16(22)10-12-19(25)21(17)20/h10-15,25H,2-9,22H2,1H3. The Morgan fingerprint density at radius 2 is 1.88 bits per heavy atom. The first-order valence-corrected chi connectivity index (χ1v) is 9.52. The van der Waals surface area contributed by atoms with Crippen molar-refractivity contribution in [2.75, 3.05) is 5.73 Å². The number of aromatic hydroxyl groups is 1. The Morgan fingerprint density at radius 1 is 1.12 bits per heavy atom. The Kier molecular flexibility index (Phi) is 5.57. The molecule has 0 unspecified atom stereocenters. The van der Waals surface area contributed by atoms with Gasteiger partial charge in [-0.05, 0) is 55.9 Å². The van der Waals surface area contributed by atoms with Crippen LogP contribution in [0.3, 0.4) is 0 Å². The molecule has 4 heteroatoms. The molecule has 0 heterocycles. The molecular formula is C21H28N2O2. The van der Waals surface area contributed by atoms with Gasteiger partial charge >= 0.3 is 0 Å². The van der Waals surface area contributed by atoms with Crippen molar-refractivity contribution in [2.45, 2.75) is 64.3 Å². The van der Waals surface area contributed by atoms with E-state index in [1.165, 1.54) is 44.6 Å². The van der Waals surface area contributed by atoms with Gasteiger partial charge in [0, 0.05) is 5.69 Å². The van der Waals surface area contributed by atoms with Crippen LogP contribution in [-0.4, -0.2) is 22.6 Å². The van der Waals surface area contributed by atoms with Crippen molar-refractivity contribution in [3.05, 3.63) is 35.4 Å². The first-order chi connectivity index (χ1) is 12.1. The van der Waals surface area contributed by atoms with Crippen LogP contribution in [0.1, 0.15) is 74.2 Å². The molecule has 134 valence electrons. The van der Waals surface area contributed by atoms with Gasteiger partial charge < -0.3 is 10.8 Å². The van der Waals surface area contributed by atoms with Gasteiger partial charge in [0.05, 0.1) is 22.9 Å². The van der Waals surface area contributed by atoms with Crippen molar-refractivity contribution >= 4 is 17.2 Å². The number of phenolic OH excluding ortho intramolecular Hbond substituents is 1. The van der Waals surface area contributed by atoms with Crippen molar-refractivity contribution < 1.29 is 9.90 Å². The molecule has 1 aromatic carbocycles. The molecule has 1 fully saturated rings. The van der Waals surface area contributed by atoms with E-state index in [9.17, 15) is 9.90 Å². The van der Waals surface area contributed by atoms with Crippen LogP contribution in [-0.2, 0) is 0 Å². The van der Waals surface area contributed by atoms with E-state index in [0.717, 1.165) is 18.8 Å². The van der Waals surface area contributed by atoms with Crippen molar-refractivity contribution in [2.24, 2.45) is 10.9 Å². The molecule has 25 heavy (non-hydrogen) atoms. The largest absolute Gasteiger partial charge is 0.507 e. The van der Waals surface area contributed by atoms with Gasteiger partial charge in [0.25, 0.3) is 0 Å². The average Bonchev–Trinajstić information content (AvgIpc) is 2.61. The summed E-state index contributed by atoms with van der Waals surface area (Å²) in [7, 11) is 0. The Hall–Kier alpha value is -2.10. The van der Waals surface area contributed by atoms with Crippen molar-refractivity contribution in [3.63, 3.8) is 0 Å². The summed E-state index contributed by atoms with van der Waals surface area (Å²) < 4.78 is 0. The molecule has 0 aromatic heterocycles. The number of fused-ring (bicyclic) bond motifs is 1. The maximum absolute atomic E-state index is 12.1. The zero-order valence-electron chi connectivity index (χ0n) is 15.0. The highest BCUT2D eigenvalue weighted by molar-refractivity contribution is 6.26. The molecule has 3 N–H and O–H groups in total. The first kappa shape index (κ1) is 17.7. The molecule has 0 radical (unpaired) electrons. The van der Waals surface area contributed by atoms with Crippen molar-refractivity contribution in [3.8, 4) is 5.75 Å². The Balaban J connectivity index is 1.73. The molecule has 3 rings (SSSR count). The van der Waals surface area contributed by atoms with Gasteiger partial charge in [-0.1, -0.05) is 32.6 Å². The third-order valence-corrected chi connectivity index (χ3v) is 5.46. The summed E-state index contributed by atoms with van der Waals surface area (Å²) >= 11 is 0. The maximum Gasteiger partial charge on any atom is 0.188 e. The SMILES string of the molecule is CCCCCC1CCC(N=C2C=CC(=O)c3c(N)ccc(O)c32)CC1. The summed E-state index contributed by atoms with van der Waals surface area (Å²) in [6, 6.07) is 3.38. The van der Waals surface area contributed by atoms with Crippen LogP contribution in [0.15, 0.2) is 29.3 Å². The van der Waals surface area contributed by atoms with E-state index in [1.807, 2.05) is 0 Å². The number of allylic oxidation sites excluding steroid dienone is 2. The molecule has 0 amide bonds. The number of unbranched alkanes of at least 4 members (excludes halogenated alkanes) is 2. The highest BCUT2D eigenvalue weighted by Crippen LogP contribution is 2.34. The molecule has 0 aliphatic heterocycles. The molecule has 0 saturated heterocycles. The topological polar surface area (TPSA) is 75.7 Å². The Morgan fingerprint density at radius 3 is 2.60 bits per heavy atom. The number of nitrogens with two attached hydrogens (primary N) is 1. The number of hydrogen-bond acceptors (Lipinski definition) is 4. The number of nitrogens with zero attached hydrogens (tertiary/aromatic N) is 1. The van der Waals surface area contributed by atoms with Crippen LogP contribution in [0.4, 0.5) is 5.69 Å². The van der Waals surface area contributed by atoms with Crippen LogP contribution in [0.25, 0.3) is 0 Å². The van der Waals surface area contributed by atoms with E-state index in [4.69, 9.17) is 10.7 Å². The van der Waals surface area contributed by atoms with Crippen LogP contribution in [0.5, 0.6) is 5.75 Å². The Bertz CT molecular complexity index is 698. The number of ketones is 1. The average molecular weight is 340 g/mol. The second kappa shape index (κ2) is 7.85. The number of nitrogen functional groups attached to an aromatic ring is 1. The molecular weight excluding hydrogens is 312 g/mol. The number of carbonyl (C=O) groups excluding carboxylic acids is 1. The number of aliphatic imine (C=N–C) groups is 1. The molecule has 0 bridgehead atoms. The highest BCUT2D eigenvalue weighted by Gasteiger charge is 2.26. The first-order valence-electron chi connectivity index (χ1n) is 9.52. The van der Waals surface area contributed by atoms with Gasteiger partial charge in [-0.15, -0.1) is 0 Å². The zero-order chi connectivity index (χ0) is 17.8. The Labute approximate surface area is 149 Å². The monoisotopic (exact) mass is 340 g/mol. The second-order valence-electron chi connectivity index (χ2n) is 7.31. The molecule has 2 aliphatic carbocycles. The molecule has 4 nitrogen and oxygen atoms in total. The summed E-state index contributed by atoms with van der Waals surface area (Å²) in [4.78, 5) is 17.0. The number of anilines is 1. The smallest absolute Gasteiger partial charge is 0.188 e. The van der Waals surface area contributed by atoms with Crippen molar-refractivity contribution in [1.82, 2.24) is 0 Å². The van der Waals surface area contributed by atoms with E-state index in [1.54, 1.807) is 18.2 Å². The summed E-state index contributed by atoms with van der Waals surface area (Å²) in [6.45, 7) is 2.25. The lowest BCUT2D eigenvalue weighted by molar-refractivity contribution is 0.104.